The molecule has 1 aliphatic heterocycles. The predicted octanol–water partition coefficient (Wildman–Crippen LogP) is 2.41. The predicted molar refractivity (Wildman–Crippen MR) is 65.2 cm³/mol. The maximum absolute atomic E-state index is 6.39. The lowest BCUT2D eigenvalue weighted by Crippen LogP contribution is -2.27. The lowest BCUT2D eigenvalue weighted by atomic mass is 10.2. The van der Waals surface area contributed by atoms with Crippen LogP contribution in [0.15, 0.2) is 18.2 Å². The molecular formula is C12H13ClN2O. The molecule has 0 saturated heterocycles. The van der Waals surface area contributed by atoms with Gasteiger partial charge in [-0.25, -0.2) is 0 Å². The van der Waals surface area contributed by atoms with Crippen molar-refractivity contribution in [3.8, 4) is 5.75 Å². The second-order valence-corrected chi connectivity index (χ2v) is 4.35. The molecule has 1 aliphatic rings. The summed E-state index contributed by atoms with van der Waals surface area (Å²) in [5, 5.41) is 5.27. The second kappa shape index (κ2) is 3.68. The maximum atomic E-state index is 6.39. The lowest BCUT2D eigenvalue weighted by Gasteiger charge is -2.17. The van der Waals surface area contributed by atoms with Gasteiger partial charge in [0.25, 0.3) is 0 Å². The average Bonchev–Trinajstić information content (AvgIpc) is 2.64. The third kappa shape index (κ3) is 1.32. The first kappa shape index (κ1) is 10.00. The molecule has 16 heavy (non-hydrogen) atoms. The van der Waals surface area contributed by atoms with Crippen molar-refractivity contribution in [2.45, 2.75) is 13.1 Å². The number of nitrogens with zero attached hydrogens (tertiary/aromatic N) is 1. The summed E-state index contributed by atoms with van der Waals surface area (Å²) in [6, 6.07) is 6.06. The number of hydrogen-bond acceptors (Lipinski definition) is 2. The molecule has 0 unspecified atom stereocenters. The number of ether oxygens (including phenoxy) is 1. The Balaban J connectivity index is 2.30. The van der Waals surface area contributed by atoms with Gasteiger partial charge >= 0.3 is 0 Å². The quantitative estimate of drug-likeness (QED) is 0.823. The largest absolute Gasteiger partial charge is 0.497 e. The highest BCUT2D eigenvalue weighted by Gasteiger charge is 2.18. The summed E-state index contributed by atoms with van der Waals surface area (Å²) in [4.78, 5) is 0. The van der Waals surface area contributed by atoms with Gasteiger partial charge in [-0.1, -0.05) is 11.6 Å². The Labute approximate surface area is 99.0 Å². The number of hydrogen-bond donors (Lipinski definition) is 1. The van der Waals surface area contributed by atoms with Crippen LogP contribution in [0.1, 0.15) is 5.69 Å². The highest BCUT2D eigenvalue weighted by molar-refractivity contribution is 6.36. The Kier molecular flexibility index (Phi) is 2.30. The van der Waals surface area contributed by atoms with Crippen LogP contribution < -0.4 is 10.1 Å². The number of fused-ring (bicyclic) bond motifs is 3. The molecule has 0 atom stereocenters. The van der Waals surface area contributed by atoms with Gasteiger partial charge in [0.15, 0.2) is 0 Å². The first-order valence-corrected chi connectivity index (χ1v) is 5.74. The van der Waals surface area contributed by atoms with E-state index in [1.807, 2.05) is 12.1 Å². The number of benzene rings is 1. The van der Waals surface area contributed by atoms with Crippen LogP contribution in [0.3, 0.4) is 0 Å². The standard InChI is InChI=1S/C12H13ClN2O/c1-16-8-2-3-10-9(6-8)12(13)11-7-14-4-5-15(10)11/h2-3,6,14H,4-5,7H2,1H3. The van der Waals surface area contributed by atoms with Gasteiger partial charge in [0.1, 0.15) is 5.75 Å². The van der Waals surface area contributed by atoms with Gasteiger partial charge in [-0.05, 0) is 18.2 Å². The van der Waals surface area contributed by atoms with E-state index < -0.39 is 0 Å². The van der Waals surface area contributed by atoms with E-state index in [-0.39, 0.29) is 0 Å². The number of nitrogens with one attached hydrogen (secondary N) is 1. The Morgan fingerprint density at radius 2 is 2.31 bits per heavy atom. The molecule has 0 radical (unpaired) electrons. The molecule has 0 aliphatic carbocycles. The van der Waals surface area contributed by atoms with Gasteiger partial charge < -0.3 is 14.6 Å². The van der Waals surface area contributed by atoms with E-state index in [1.54, 1.807) is 7.11 Å². The molecule has 3 nitrogen and oxygen atoms in total. The van der Waals surface area contributed by atoms with E-state index in [2.05, 4.69) is 16.0 Å². The molecule has 0 fully saturated rings. The first-order chi connectivity index (χ1) is 7.81. The van der Waals surface area contributed by atoms with Gasteiger partial charge in [0.05, 0.1) is 23.3 Å². The Bertz CT molecular complexity index is 547. The van der Waals surface area contributed by atoms with Crippen LogP contribution in [0.2, 0.25) is 5.02 Å². The summed E-state index contributed by atoms with van der Waals surface area (Å²) in [5.41, 5.74) is 2.37. The molecule has 2 heterocycles. The van der Waals surface area contributed by atoms with Crippen LogP contribution in [-0.4, -0.2) is 18.2 Å². The van der Waals surface area contributed by atoms with E-state index >= 15 is 0 Å². The average molecular weight is 237 g/mol. The van der Waals surface area contributed by atoms with Crippen molar-refractivity contribution in [2.75, 3.05) is 13.7 Å². The molecule has 4 heteroatoms. The highest BCUT2D eigenvalue weighted by atomic mass is 35.5. The molecular weight excluding hydrogens is 224 g/mol. The van der Waals surface area contributed by atoms with Crippen molar-refractivity contribution in [1.29, 1.82) is 0 Å². The molecule has 1 aromatic heterocycles. The highest BCUT2D eigenvalue weighted by Crippen LogP contribution is 2.34. The smallest absolute Gasteiger partial charge is 0.119 e. The molecule has 1 aromatic carbocycles. The monoisotopic (exact) mass is 236 g/mol. The minimum absolute atomic E-state index is 0.843. The maximum Gasteiger partial charge on any atom is 0.119 e. The van der Waals surface area contributed by atoms with Crippen molar-refractivity contribution in [1.82, 2.24) is 9.88 Å². The van der Waals surface area contributed by atoms with Crippen molar-refractivity contribution < 1.29 is 4.74 Å². The van der Waals surface area contributed by atoms with Gasteiger partial charge in [-0.2, -0.15) is 0 Å². The first-order valence-electron chi connectivity index (χ1n) is 5.36. The Morgan fingerprint density at radius 3 is 3.12 bits per heavy atom. The van der Waals surface area contributed by atoms with E-state index in [4.69, 9.17) is 16.3 Å². The number of rotatable bonds is 1. The fourth-order valence-corrected chi connectivity index (χ4v) is 2.62. The van der Waals surface area contributed by atoms with Crippen LogP contribution in [0.4, 0.5) is 0 Å². The molecule has 0 amide bonds. The third-order valence-corrected chi connectivity index (χ3v) is 3.54. The zero-order valence-electron chi connectivity index (χ0n) is 9.09. The summed E-state index contributed by atoms with van der Waals surface area (Å²) in [5.74, 6) is 0.852. The fourth-order valence-electron chi connectivity index (χ4n) is 2.30. The van der Waals surface area contributed by atoms with Crippen LogP contribution in [-0.2, 0) is 13.1 Å². The minimum atomic E-state index is 0.843. The minimum Gasteiger partial charge on any atom is -0.497 e. The van der Waals surface area contributed by atoms with E-state index in [9.17, 15) is 0 Å². The van der Waals surface area contributed by atoms with Gasteiger partial charge in [-0.3, -0.25) is 0 Å². The molecule has 0 saturated carbocycles. The van der Waals surface area contributed by atoms with Crippen LogP contribution >= 0.6 is 11.6 Å². The van der Waals surface area contributed by atoms with Crippen molar-refractivity contribution in [3.05, 3.63) is 28.9 Å². The summed E-state index contributed by atoms with van der Waals surface area (Å²) in [6.07, 6.45) is 0. The van der Waals surface area contributed by atoms with Crippen LogP contribution in [0, 0.1) is 0 Å². The van der Waals surface area contributed by atoms with Crippen LogP contribution in [0.5, 0.6) is 5.75 Å². The second-order valence-electron chi connectivity index (χ2n) is 3.97. The van der Waals surface area contributed by atoms with Gasteiger partial charge in [0.2, 0.25) is 0 Å². The fraction of sp³-hybridized carbons (Fsp3) is 0.333. The molecule has 0 bridgehead atoms. The molecule has 84 valence electrons. The Hall–Kier alpha value is -1.19. The van der Waals surface area contributed by atoms with Gasteiger partial charge in [-0.15, -0.1) is 0 Å². The van der Waals surface area contributed by atoms with Crippen molar-refractivity contribution >= 4 is 22.5 Å². The van der Waals surface area contributed by atoms with Gasteiger partial charge in [0, 0.05) is 25.0 Å². The van der Waals surface area contributed by atoms with Crippen LogP contribution in [0.25, 0.3) is 10.9 Å². The zero-order chi connectivity index (χ0) is 11.1. The van der Waals surface area contributed by atoms with Crippen molar-refractivity contribution in [2.24, 2.45) is 0 Å². The Morgan fingerprint density at radius 1 is 1.44 bits per heavy atom. The zero-order valence-corrected chi connectivity index (χ0v) is 9.84. The normalized spacial score (nSPS) is 15.1. The van der Waals surface area contributed by atoms with Crippen molar-refractivity contribution in [3.63, 3.8) is 0 Å². The SMILES string of the molecule is COc1ccc2c(c1)c(Cl)c1n2CCNC1. The number of halogens is 1. The summed E-state index contributed by atoms with van der Waals surface area (Å²) in [7, 11) is 1.67. The number of methoxy groups -OCH3 is 1. The number of aromatic nitrogens is 1. The molecule has 1 N–H and O–H groups in total. The van der Waals surface area contributed by atoms with E-state index in [1.165, 1.54) is 11.2 Å². The topological polar surface area (TPSA) is 26.2 Å². The summed E-state index contributed by atoms with van der Waals surface area (Å²) < 4.78 is 7.51. The lowest BCUT2D eigenvalue weighted by molar-refractivity contribution is 0.415. The molecule has 3 rings (SSSR count). The summed E-state index contributed by atoms with van der Waals surface area (Å²) >= 11 is 6.39. The molecule has 0 spiro atoms. The summed E-state index contributed by atoms with van der Waals surface area (Å²) in [6.45, 7) is 2.82. The van der Waals surface area contributed by atoms with E-state index in [0.717, 1.165) is 35.8 Å². The molecule has 2 aromatic rings. The third-order valence-electron chi connectivity index (χ3n) is 3.11. The van der Waals surface area contributed by atoms with E-state index in [0.29, 0.717) is 0 Å².